The molecule has 0 unspecified atom stereocenters. The van der Waals surface area contributed by atoms with Gasteiger partial charge in [0.25, 0.3) is 0 Å². The van der Waals surface area contributed by atoms with Gasteiger partial charge in [0.05, 0.1) is 4.48 Å². The second-order valence-electron chi connectivity index (χ2n) is 2.61. The van der Waals surface area contributed by atoms with E-state index < -0.39 is 0 Å². The lowest BCUT2D eigenvalue weighted by Crippen LogP contribution is -2.02. The second kappa shape index (κ2) is 3.40. The van der Waals surface area contributed by atoms with Crippen LogP contribution in [0.1, 0.15) is 5.56 Å². The molecule has 0 saturated carbocycles. The summed E-state index contributed by atoms with van der Waals surface area (Å²) < 4.78 is 0.763. The van der Waals surface area contributed by atoms with Gasteiger partial charge in [-0.3, -0.25) is 5.73 Å². The van der Waals surface area contributed by atoms with Crippen LogP contribution in [0.3, 0.4) is 0 Å². The molecule has 2 rings (SSSR count). The van der Waals surface area contributed by atoms with Crippen molar-refractivity contribution in [3.05, 3.63) is 46.5 Å². The van der Waals surface area contributed by atoms with Crippen molar-refractivity contribution in [1.29, 1.82) is 0 Å². The molecule has 1 aliphatic heterocycles. The number of azo groups is 1. The molecule has 0 bridgehead atoms. The molecule has 1 aromatic carbocycles. The van der Waals surface area contributed by atoms with E-state index in [-0.39, 0.29) is 0 Å². The Balaban J connectivity index is 2.44. The summed E-state index contributed by atoms with van der Waals surface area (Å²) in [6.45, 7) is 0. The molecule has 4 heteroatoms. The van der Waals surface area contributed by atoms with Crippen LogP contribution in [-0.4, -0.2) is 0 Å². The van der Waals surface area contributed by atoms with E-state index in [1.807, 2.05) is 30.3 Å². The predicted octanol–water partition coefficient (Wildman–Crippen LogP) is 2.66. The third-order valence-electron chi connectivity index (χ3n) is 1.74. The largest absolute Gasteiger partial charge is 0.298 e. The van der Waals surface area contributed by atoms with Crippen LogP contribution in [0.15, 0.2) is 45.0 Å². The summed E-state index contributed by atoms with van der Waals surface area (Å²) in [5.74, 6) is 0. The number of halogens is 1. The molecule has 2 N–H and O–H groups in total. The lowest BCUT2D eigenvalue weighted by Gasteiger charge is -1.98. The fraction of sp³-hybridized carbons (Fsp3) is 0. The summed E-state index contributed by atoms with van der Waals surface area (Å²) in [6, 6.07) is 9.79. The third-order valence-corrected chi connectivity index (χ3v) is 2.52. The van der Waals surface area contributed by atoms with Crippen LogP contribution in [0, 0.1) is 6.17 Å². The molecule has 0 aromatic heterocycles. The van der Waals surface area contributed by atoms with Crippen LogP contribution >= 0.6 is 15.9 Å². The van der Waals surface area contributed by atoms with E-state index in [0.717, 1.165) is 15.7 Å². The SMILES string of the molecule is N[C]1N=NC(c2ccccc2)=C1Br. The van der Waals surface area contributed by atoms with Gasteiger partial charge in [-0.1, -0.05) is 30.3 Å². The summed E-state index contributed by atoms with van der Waals surface area (Å²) in [6.07, 6.45) is 0.429. The van der Waals surface area contributed by atoms with Crippen molar-refractivity contribution in [2.75, 3.05) is 0 Å². The molecule has 0 spiro atoms. The van der Waals surface area contributed by atoms with Gasteiger partial charge < -0.3 is 0 Å². The normalized spacial score (nSPS) is 17.1. The maximum atomic E-state index is 5.56. The molecule has 0 saturated heterocycles. The van der Waals surface area contributed by atoms with Crippen molar-refractivity contribution < 1.29 is 0 Å². The Kier molecular flexibility index (Phi) is 2.24. The van der Waals surface area contributed by atoms with Crippen LogP contribution in [0.2, 0.25) is 0 Å². The summed E-state index contributed by atoms with van der Waals surface area (Å²) >= 11 is 3.34. The molecule has 1 radical (unpaired) electrons. The molecule has 1 aromatic rings. The highest BCUT2D eigenvalue weighted by atomic mass is 79.9. The molecular formula is C9H7BrN3. The minimum absolute atomic E-state index is 0.429. The highest BCUT2D eigenvalue weighted by molar-refractivity contribution is 9.12. The van der Waals surface area contributed by atoms with E-state index in [9.17, 15) is 0 Å². The highest BCUT2D eigenvalue weighted by Crippen LogP contribution is 2.34. The van der Waals surface area contributed by atoms with E-state index in [2.05, 4.69) is 26.2 Å². The molecule has 1 heterocycles. The Hall–Kier alpha value is -1.00. The van der Waals surface area contributed by atoms with Gasteiger partial charge in [-0.05, 0) is 15.9 Å². The van der Waals surface area contributed by atoms with E-state index in [4.69, 9.17) is 5.73 Å². The quantitative estimate of drug-likeness (QED) is 0.801. The summed E-state index contributed by atoms with van der Waals surface area (Å²) in [5.41, 5.74) is 7.36. The number of rotatable bonds is 1. The molecule has 0 fully saturated rings. The molecule has 65 valence electrons. The van der Waals surface area contributed by atoms with E-state index in [0.29, 0.717) is 6.17 Å². The number of hydrogen-bond donors (Lipinski definition) is 1. The summed E-state index contributed by atoms with van der Waals surface area (Å²) in [5, 5.41) is 7.74. The Morgan fingerprint density at radius 3 is 2.31 bits per heavy atom. The lowest BCUT2D eigenvalue weighted by atomic mass is 10.1. The van der Waals surface area contributed by atoms with Crippen molar-refractivity contribution in [3.8, 4) is 0 Å². The van der Waals surface area contributed by atoms with Gasteiger partial charge in [-0.15, -0.1) is 0 Å². The highest BCUT2D eigenvalue weighted by Gasteiger charge is 2.19. The van der Waals surface area contributed by atoms with Gasteiger partial charge in [0, 0.05) is 5.56 Å². The van der Waals surface area contributed by atoms with Crippen LogP contribution in [0.4, 0.5) is 0 Å². The molecule has 1 aliphatic rings. The van der Waals surface area contributed by atoms with Gasteiger partial charge in [0.15, 0.2) is 0 Å². The standard InChI is InChI=1S/C9H7BrN3/c10-7-8(12-13-9(7)11)6-4-2-1-3-5-6/h1-5H,11H2. The average Bonchev–Trinajstić information content (AvgIpc) is 2.49. The number of nitrogens with zero attached hydrogens (tertiary/aromatic N) is 2. The first-order valence-corrected chi connectivity index (χ1v) is 4.58. The maximum Gasteiger partial charge on any atom is 0.209 e. The van der Waals surface area contributed by atoms with Crippen LogP contribution < -0.4 is 5.73 Å². The van der Waals surface area contributed by atoms with E-state index in [1.54, 1.807) is 0 Å². The van der Waals surface area contributed by atoms with Crippen LogP contribution in [0.25, 0.3) is 5.70 Å². The molecule has 0 amide bonds. The first-order chi connectivity index (χ1) is 6.29. The number of nitrogens with two attached hydrogens (primary N) is 1. The smallest absolute Gasteiger partial charge is 0.209 e. The number of hydrogen-bond acceptors (Lipinski definition) is 3. The van der Waals surface area contributed by atoms with Gasteiger partial charge in [-0.2, -0.15) is 10.2 Å². The van der Waals surface area contributed by atoms with Gasteiger partial charge in [0.2, 0.25) is 6.17 Å². The predicted molar refractivity (Wildman–Crippen MR) is 54.6 cm³/mol. The topological polar surface area (TPSA) is 50.7 Å². The maximum absolute atomic E-state index is 5.56. The van der Waals surface area contributed by atoms with Gasteiger partial charge in [0.1, 0.15) is 5.70 Å². The monoisotopic (exact) mass is 236 g/mol. The molecule has 0 atom stereocenters. The first kappa shape index (κ1) is 8.59. The Morgan fingerprint density at radius 1 is 1.08 bits per heavy atom. The molecule has 13 heavy (non-hydrogen) atoms. The summed E-state index contributed by atoms with van der Waals surface area (Å²) in [7, 11) is 0. The molecular weight excluding hydrogens is 230 g/mol. The fourth-order valence-electron chi connectivity index (χ4n) is 1.09. The van der Waals surface area contributed by atoms with Crippen LogP contribution in [-0.2, 0) is 0 Å². The number of benzene rings is 1. The second-order valence-corrected chi connectivity index (χ2v) is 3.41. The minimum atomic E-state index is 0.429. The average molecular weight is 237 g/mol. The first-order valence-electron chi connectivity index (χ1n) is 3.79. The van der Waals surface area contributed by atoms with Crippen molar-refractivity contribution >= 4 is 21.6 Å². The Labute approximate surface area is 84.5 Å². The van der Waals surface area contributed by atoms with Crippen LogP contribution in [0.5, 0.6) is 0 Å². The van der Waals surface area contributed by atoms with Crippen molar-refractivity contribution in [3.63, 3.8) is 0 Å². The zero-order valence-electron chi connectivity index (χ0n) is 6.74. The summed E-state index contributed by atoms with van der Waals surface area (Å²) in [4.78, 5) is 0. The van der Waals surface area contributed by atoms with Gasteiger partial charge in [-0.25, -0.2) is 0 Å². The third kappa shape index (κ3) is 1.55. The van der Waals surface area contributed by atoms with Crippen molar-refractivity contribution in [1.82, 2.24) is 0 Å². The zero-order chi connectivity index (χ0) is 9.26. The minimum Gasteiger partial charge on any atom is -0.298 e. The molecule has 0 aliphatic carbocycles. The fourth-order valence-corrected chi connectivity index (χ4v) is 1.48. The van der Waals surface area contributed by atoms with Crippen molar-refractivity contribution in [2.24, 2.45) is 16.0 Å². The zero-order valence-corrected chi connectivity index (χ0v) is 8.32. The van der Waals surface area contributed by atoms with Gasteiger partial charge >= 0.3 is 0 Å². The Morgan fingerprint density at radius 2 is 1.77 bits per heavy atom. The Bertz CT molecular complexity index is 370. The lowest BCUT2D eigenvalue weighted by molar-refractivity contribution is 1.03. The molecule has 3 nitrogen and oxygen atoms in total. The van der Waals surface area contributed by atoms with E-state index in [1.165, 1.54) is 0 Å². The van der Waals surface area contributed by atoms with Crippen molar-refractivity contribution in [2.45, 2.75) is 0 Å². The van der Waals surface area contributed by atoms with E-state index >= 15 is 0 Å².